The summed E-state index contributed by atoms with van der Waals surface area (Å²) in [5.74, 6) is 0.636. The Morgan fingerprint density at radius 1 is 1.09 bits per heavy atom. The van der Waals surface area contributed by atoms with Crippen molar-refractivity contribution in [1.29, 1.82) is 0 Å². The van der Waals surface area contributed by atoms with Gasteiger partial charge in [-0.05, 0) is 92.9 Å². The molecule has 11 heteroatoms. The number of sulfonamides is 1. The number of hydrogen-bond acceptors (Lipinski definition) is 6. The highest BCUT2D eigenvalue weighted by Crippen LogP contribution is 2.38. The lowest BCUT2D eigenvalue weighted by molar-refractivity contribution is 0.0964. The van der Waals surface area contributed by atoms with E-state index in [0.717, 1.165) is 50.8 Å². The minimum absolute atomic E-state index is 0.0216. The summed E-state index contributed by atoms with van der Waals surface area (Å²) >= 11 is 0. The van der Waals surface area contributed by atoms with E-state index < -0.39 is 10.0 Å². The van der Waals surface area contributed by atoms with E-state index in [1.807, 2.05) is 23.0 Å². The van der Waals surface area contributed by atoms with E-state index in [1.165, 1.54) is 12.1 Å². The molecule has 0 amide bonds. The molecule has 0 spiro atoms. The van der Waals surface area contributed by atoms with Gasteiger partial charge in [0.15, 0.2) is 5.78 Å². The summed E-state index contributed by atoms with van der Waals surface area (Å²) in [5.41, 5.74) is 3.54. The quantitative estimate of drug-likeness (QED) is 0.218. The second-order valence-corrected chi connectivity index (χ2v) is 14.2. The smallest absolute Gasteiger partial charge is 0.240 e. The van der Waals surface area contributed by atoms with Crippen molar-refractivity contribution in [3.05, 3.63) is 65.7 Å². The van der Waals surface area contributed by atoms with Gasteiger partial charge in [0.05, 0.1) is 16.8 Å². The third-order valence-electron chi connectivity index (χ3n) is 8.50. The van der Waals surface area contributed by atoms with Crippen molar-refractivity contribution < 1.29 is 17.6 Å². The minimum Gasteiger partial charge on any atom is -0.352 e. The van der Waals surface area contributed by atoms with E-state index in [1.54, 1.807) is 18.2 Å². The van der Waals surface area contributed by atoms with Crippen LogP contribution < -0.4 is 4.72 Å². The van der Waals surface area contributed by atoms with Crippen LogP contribution in [0.5, 0.6) is 0 Å². The number of fused-ring (bicyclic) bond motifs is 1. The molecule has 0 bridgehead atoms. The van der Waals surface area contributed by atoms with Crippen molar-refractivity contribution in [2.45, 2.75) is 57.4 Å². The maximum Gasteiger partial charge on any atom is 0.240 e. The van der Waals surface area contributed by atoms with Crippen molar-refractivity contribution in [3.8, 4) is 11.3 Å². The Morgan fingerprint density at radius 3 is 2.53 bits per heavy atom. The Balaban J connectivity index is 1.02. The Hall–Kier alpha value is -3.41. The maximum atomic E-state index is 14.1. The molecule has 1 aliphatic heterocycles. The molecule has 2 aliphatic rings. The summed E-state index contributed by atoms with van der Waals surface area (Å²) in [7, 11) is -3.54. The Bertz CT molecular complexity index is 1700. The first-order chi connectivity index (χ1) is 20.7. The molecule has 2 aromatic heterocycles. The van der Waals surface area contributed by atoms with Crippen LogP contribution in [-0.2, 0) is 23.0 Å². The fraction of sp³-hybridized carbons (Fsp3) is 0.469. The van der Waals surface area contributed by atoms with Crippen LogP contribution in [0.15, 0.2) is 53.6 Å². The fourth-order valence-corrected chi connectivity index (χ4v) is 7.04. The average Bonchev–Trinajstić information content (AvgIpc) is 3.62. The zero-order valence-electron chi connectivity index (χ0n) is 24.7. The van der Waals surface area contributed by atoms with E-state index in [2.05, 4.69) is 38.8 Å². The number of hydrogen-bond donors (Lipinski definition) is 2. The van der Waals surface area contributed by atoms with Crippen molar-refractivity contribution in [1.82, 2.24) is 29.6 Å². The number of nitrogens with one attached hydrogen (secondary N) is 2. The van der Waals surface area contributed by atoms with Gasteiger partial charge in [-0.2, -0.15) is 0 Å². The Kier molecular flexibility index (Phi) is 8.48. The number of rotatable bonds is 12. The van der Waals surface area contributed by atoms with Crippen molar-refractivity contribution in [3.63, 3.8) is 0 Å². The zero-order valence-corrected chi connectivity index (χ0v) is 25.5. The van der Waals surface area contributed by atoms with Crippen LogP contribution in [0.2, 0.25) is 0 Å². The van der Waals surface area contributed by atoms with Crippen LogP contribution >= 0.6 is 0 Å². The average molecular weight is 607 g/mol. The second-order valence-electron chi connectivity index (χ2n) is 12.5. The number of Topliss-reactive ketones (excluding diaryl/α,β-unsaturated/α-hetero) is 1. The number of aromatic nitrogens is 4. The number of H-pyrrole nitrogens is 1. The van der Waals surface area contributed by atoms with Crippen LogP contribution in [0.1, 0.15) is 55.6 Å². The molecule has 0 atom stereocenters. The highest BCUT2D eigenvalue weighted by molar-refractivity contribution is 7.89. The lowest BCUT2D eigenvalue weighted by Crippen LogP contribution is -2.40. The number of piperidine rings is 1. The summed E-state index contributed by atoms with van der Waals surface area (Å²) in [6, 6.07) is 11.6. The first-order valence-electron chi connectivity index (χ1n) is 15.2. The molecule has 1 aliphatic carbocycles. The standard InChI is InChI=1S/C32H39FN6O3S/c1-21(2)17-22-3-8-26(9-4-22)43(41,42)34-13-16-38-14-11-23(12-15-38)19-39-20-29(36-37-39)30-27-18-25(33)7-10-28(27)35-31(30)32(40)24-5-6-24/h3-4,7-10,18,20-21,23-24,34-35H,5-6,11-17,19H2,1-2H3. The topological polar surface area (TPSA) is 113 Å². The Morgan fingerprint density at radius 2 is 1.84 bits per heavy atom. The van der Waals surface area contributed by atoms with Gasteiger partial charge in [-0.15, -0.1) is 5.10 Å². The maximum absolute atomic E-state index is 14.1. The van der Waals surface area contributed by atoms with Gasteiger partial charge in [0.1, 0.15) is 11.5 Å². The first kappa shape index (κ1) is 29.7. The number of carbonyl (C=O) groups excluding carboxylic acids is 1. The van der Waals surface area contributed by atoms with E-state index in [4.69, 9.17) is 0 Å². The molecule has 1 saturated carbocycles. The lowest BCUT2D eigenvalue weighted by Gasteiger charge is -2.31. The molecule has 2 aromatic carbocycles. The van der Waals surface area contributed by atoms with Crippen molar-refractivity contribution in [2.24, 2.45) is 17.8 Å². The number of halogens is 1. The number of aromatic amines is 1. The van der Waals surface area contributed by atoms with Gasteiger partial charge in [-0.25, -0.2) is 17.5 Å². The Labute approximate surface area is 251 Å². The third-order valence-corrected chi connectivity index (χ3v) is 9.98. The molecule has 3 heterocycles. The van der Waals surface area contributed by atoms with Gasteiger partial charge < -0.3 is 9.88 Å². The lowest BCUT2D eigenvalue weighted by atomic mass is 9.97. The molecule has 2 fully saturated rings. The summed E-state index contributed by atoms with van der Waals surface area (Å²) in [5, 5.41) is 9.39. The van der Waals surface area contributed by atoms with Gasteiger partial charge in [0.25, 0.3) is 0 Å². The van der Waals surface area contributed by atoms with Crippen LogP contribution in [0.25, 0.3) is 22.2 Å². The van der Waals surface area contributed by atoms with Gasteiger partial charge >= 0.3 is 0 Å². The molecule has 0 unspecified atom stereocenters. The van der Waals surface area contributed by atoms with E-state index >= 15 is 0 Å². The number of benzene rings is 2. The monoisotopic (exact) mass is 606 g/mol. The van der Waals surface area contributed by atoms with Crippen LogP contribution in [0.3, 0.4) is 0 Å². The molecule has 4 aromatic rings. The minimum atomic E-state index is -3.54. The van der Waals surface area contributed by atoms with Gasteiger partial charge in [-0.1, -0.05) is 31.2 Å². The normalized spacial score (nSPS) is 16.8. The summed E-state index contributed by atoms with van der Waals surface area (Å²) in [6.45, 7) is 7.75. The number of ketones is 1. The van der Waals surface area contributed by atoms with Crippen LogP contribution in [-0.4, -0.2) is 65.3 Å². The first-order valence-corrected chi connectivity index (χ1v) is 16.7. The molecule has 6 rings (SSSR count). The predicted molar refractivity (Wildman–Crippen MR) is 164 cm³/mol. The molecule has 2 N–H and O–H groups in total. The van der Waals surface area contributed by atoms with Crippen molar-refractivity contribution in [2.75, 3.05) is 26.2 Å². The highest BCUT2D eigenvalue weighted by Gasteiger charge is 2.34. The number of carbonyl (C=O) groups is 1. The third kappa shape index (κ3) is 6.89. The van der Waals surface area contributed by atoms with E-state index in [0.29, 0.717) is 64.2 Å². The molecule has 43 heavy (non-hydrogen) atoms. The van der Waals surface area contributed by atoms with Crippen molar-refractivity contribution >= 4 is 26.7 Å². The summed E-state index contributed by atoms with van der Waals surface area (Å²) in [6.07, 6.45) is 6.46. The molecule has 1 saturated heterocycles. The van der Waals surface area contributed by atoms with Crippen LogP contribution in [0, 0.1) is 23.6 Å². The van der Waals surface area contributed by atoms with Gasteiger partial charge in [0.2, 0.25) is 10.0 Å². The molecular weight excluding hydrogens is 567 g/mol. The highest BCUT2D eigenvalue weighted by atomic mass is 32.2. The number of nitrogens with zero attached hydrogens (tertiary/aromatic N) is 4. The number of likely N-dealkylation sites (tertiary alicyclic amines) is 1. The molecule has 228 valence electrons. The summed E-state index contributed by atoms with van der Waals surface area (Å²) in [4.78, 5) is 18.8. The fourth-order valence-electron chi connectivity index (χ4n) is 6.02. The predicted octanol–water partition coefficient (Wildman–Crippen LogP) is 5.05. The molecule has 9 nitrogen and oxygen atoms in total. The molecule has 0 radical (unpaired) electrons. The van der Waals surface area contributed by atoms with E-state index in [9.17, 15) is 17.6 Å². The largest absolute Gasteiger partial charge is 0.352 e. The zero-order chi connectivity index (χ0) is 30.1. The van der Waals surface area contributed by atoms with Gasteiger partial charge in [0, 0.05) is 42.0 Å². The van der Waals surface area contributed by atoms with Crippen LogP contribution in [0.4, 0.5) is 4.39 Å². The SMILES string of the molecule is CC(C)Cc1ccc(S(=O)(=O)NCCN2CCC(Cn3cc(-c4c(C(=O)C5CC5)[nH]c5ccc(F)cc45)nn3)CC2)cc1. The van der Waals surface area contributed by atoms with E-state index in [-0.39, 0.29) is 17.5 Å². The van der Waals surface area contributed by atoms with Gasteiger partial charge in [-0.3, -0.25) is 9.48 Å². The second kappa shape index (κ2) is 12.3. The summed E-state index contributed by atoms with van der Waals surface area (Å²) < 4.78 is 44.2. The molecular formula is C32H39FN6O3S.